The van der Waals surface area contributed by atoms with Gasteiger partial charge < -0.3 is 15.5 Å². The van der Waals surface area contributed by atoms with Gasteiger partial charge in [0, 0.05) is 18.6 Å². The van der Waals surface area contributed by atoms with Crippen molar-refractivity contribution in [1.29, 1.82) is 0 Å². The molecule has 0 aromatic rings. The Kier molecular flexibility index (Phi) is 5.88. The fourth-order valence-corrected chi connectivity index (χ4v) is 3.41. The summed E-state index contributed by atoms with van der Waals surface area (Å²) in [6, 6.07) is -0.0894. The Balaban J connectivity index is 1.77. The molecule has 0 radical (unpaired) electrons. The van der Waals surface area contributed by atoms with Crippen LogP contribution in [0.3, 0.4) is 0 Å². The van der Waals surface area contributed by atoms with Gasteiger partial charge in [-0.1, -0.05) is 19.3 Å². The van der Waals surface area contributed by atoms with Crippen LogP contribution >= 0.6 is 0 Å². The van der Waals surface area contributed by atoms with Crippen LogP contribution in [0.4, 0.5) is 4.79 Å². The maximum Gasteiger partial charge on any atom is 0.315 e. The fourth-order valence-electron chi connectivity index (χ4n) is 3.41. The predicted octanol–water partition coefficient (Wildman–Crippen LogP) is 2.41. The summed E-state index contributed by atoms with van der Waals surface area (Å²) in [7, 11) is 0. The molecule has 2 rings (SSSR count). The first-order valence-electron chi connectivity index (χ1n) is 8.45. The molecule has 1 saturated heterocycles. The molecular formula is C16H29N3O2. The molecule has 5 heteroatoms. The van der Waals surface area contributed by atoms with Crippen molar-refractivity contribution in [3.05, 3.63) is 0 Å². The maximum atomic E-state index is 12.4. The highest BCUT2D eigenvalue weighted by Gasteiger charge is 2.28. The van der Waals surface area contributed by atoms with E-state index in [1.807, 2.05) is 4.90 Å². The zero-order valence-corrected chi connectivity index (χ0v) is 13.4. The lowest BCUT2D eigenvalue weighted by Gasteiger charge is -2.35. The SMILES string of the molecule is CC(NC(=O)NC1CCCCC1)C(=O)N1CCCCC1C. The van der Waals surface area contributed by atoms with Gasteiger partial charge in [0.05, 0.1) is 0 Å². The lowest BCUT2D eigenvalue weighted by atomic mass is 9.96. The first-order chi connectivity index (χ1) is 10.1. The van der Waals surface area contributed by atoms with E-state index in [1.165, 1.54) is 25.7 Å². The van der Waals surface area contributed by atoms with Crippen LogP contribution in [0, 0.1) is 0 Å². The minimum Gasteiger partial charge on any atom is -0.338 e. The maximum absolute atomic E-state index is 12.4. The van der Waals surface area contributed by atoms with Gasteiger partial charge in [-0.25, -0.2) is 4.79 Å². The zero-order chi connectivity index (χ0) is 15.2. The minimum atomic E-state index is -0.450. The summed E-state index contributed by atoms with van der Waals surface area (Å²) in [5, 5.41) is 5.80. The van der Waals surface area contributed by atoms with Crippen molar-refractivity contribution in [2.75, 3.05) is 6.54 Å². The molecule has 1 heterocycles. The molecule has 2 unspecified atom stereocenters. The summed E-state index contributed by atoms with van der Waals surface area (Å²) in [4.78, 5) is 26.3. The Hall–Kier alpha value is -1.26. The Labute approximate surface area is 127 Å². The third-order valence-corrected chi connectivity index (χ3v) is 4.74. The molecule has 2 atom stereocenters. The highest BCUT2D eigenvalue weighted by molar-refractivity contribution is 5.87. The summed E-state index contributed by atoms with van der Waals surface area (Å²) in [5.41, 5.74) is 0. The van der Waals surface area contributed by atoms with Gasteiger partial charge in [-0.3, -0.25) is 4.79 Å². The number of rotatable bonds is 3. The second kappa shape index (κ2) is 7.66. The average Bonchev–Trinajstić information content (AvgIpc) is 2.48. The number of hydrogen-bond donors (Lipinski definition) is 2. The molecule has 0 bridgehead atoms. The van der Waals surface area contributed by atoms with Crippen molar-refractivity contribution in [2.45, 2.75) is 83.3 Å². The molecular weight excluding hydrogens is 266 g/mol. The Bertz CT molecular complexity index is 367. The zero-order valence-electron chi connectivity index (χ0n) is 13.4. The third-order valence-electron chi connectivity index (χ3n) is 4.74. The van der Waals surface area contributed by atoms with Crippen LogP contribution in [0.15, 0.2) is 0 Å². The standard InChI is InChI=1S/C16H29N3O2/c1-12-8-6-7-11-19(12)15(20)13(2)17-16(21)18-14-9-4-3-5-10-14/h12-14H,3-11H2,1-2H3,(H2,17,18,21). The van der Waals surface area contributed by atoms with Crippen molar-refractivity contribution in [3.63, 3.8) is 0 Å². The largest absolute Gasteiger partial charge is 0.338 e. The highest BCUT2D eigenvalue weighted by Crippen LogP contribution is 2.18. The van der Waals surface area contributed by atoms with E-state index in [2.05, 4.69) is 17.6 Å². The third kappa shape index (κ3) is 4.61. The van der Waals surface area contributed by atoms with Crippen molar-refractivity contribution in [1.82, 2.24) is 15.5 Å². The second-order valence-corrected chi connectivity index (χ2v) is 6.55. The molecule has 2 fully saturated rings. The number of hydrogen-bond acceptors (Lipinski definition) is 2. The van der Waals surface area contributed by atoms with Gasteiger partial charge in [-0.15, -0.1) is 0 Å². The van der Waals surface area contributed by atoms with Crippen LogP contribution in [0.5, 0.6) is 0 Å². The van der Waals surface area contributed by atoms with Gasteiger partial charge in [-0.2, -0.15) is 0 Å². The number of carbonyl (C=O) groups excluding carboxylic acids is 2. The highest BCUT2D eigenvalue weighted by atomic mass is 16.2. The number of likely N-dealkylation sites (tertiary alicyclic amines) is 1. The molecule has 2 aliphatic rings. The lowest BCUT2D eigenvalue weighted by molar-refractivity contribution is -0.136. The molecule has 0 aromatic carbocycles. The first-order valence-corrected chi connectivity index (χ1v) is 8.45. The fraction of sp³-hybridized carbons (Fsp3) is 0.875. The van der Waals surface area contributed by atoms with E-state index in [-0.39, 0.29) is 24.0 Å². The number of carbonyl (C=O) groups is 2. The van der Waals surface area contributed by atoms with E-state index in [9.17, 15) is 9.59 Å². The van der Waals surface area contributed by atoms with Crippen LogP contribution < -0.4 is 10.6 Å². The van der Waals surface area contributed by atoms with Crippen molar-refractivity contribution < 1.29 is 9.59 Å². The minimum absolute atomic E-state index is 0.0426. The molecule has 1 saturated carbocycles. The summed E-state index contributed by atoms with van der Waals surface area (Å²) in [5.74, 6) is 0.0426. The normalized spacial score (nSPS) is 25.2. The molecule has 120 valence electrons. The smallest absolute Gasteiger partial charge is 0.315 e. The van der Waals surface area contributed by atoms with Crippen LogP contribution in [0.1, 0.15) is 65.2 Å². The molecule has 5 nitrogen and oxygen atoms in total. The number of piperidine rings is 1. The van der Waals surface area contributed by atoms with Crippen molar-refractivity contribution in [2.24, 2.45) is 0 Å². The number of nitrogens with one attached hydrogen (secondary N) is 2. The van der Waals surface area contributed by atoms with E-state index < -0.39 is 6.04 Å². The number of urea groups is 1. The molecule has 0 spiro atoms. The topological polar surface area (TPSA) is 61.4 Å². The molecule has 21 heavy (non-hydrogen) atoms. The van der Waals surface area contributed by atoms with Gasteiger partial charge in [0.25, 0.3) is 0 Å². The van der Waals surface area contributed by atoms with E-state index in [1.54, 1.807) is 6.92 Å². The molecule has 2 N–H and O–H groups in total. The van der Waals surface area contributed by atoms with E-state index >= 15 is 0 Å². The molecule has 1 aliphatic carbocycles. The van der Waals surface area contributed by atoms with Crippen LogP contribution in [-0.4, -0.2) is 41.5 Å². The number of amides is 3. The van der Waals surface area contributed by atoms with Crippen molar-refractivity contribution >= 4 is 11.9 Å². The second-order valence-electron chi connectivity index (χ2n) is 6.55. The summed E-state index contributed by atoms with van der Waals surface area (Å²) >= 11 is 0. The molecule has 0 aromatic heterocycles. The Morgan fingerprint density at radius 2 is 1.71 bits per heavy atom. The molecule has 3 amide bonds. The summed E-state index contributed by atoms with van der Waals surface area (Å²) in [6.07, 6.45) is 9.06. The van der Waals surface area contributed by atoms with Gasteiger partial charge in [0.1, 0.15) is 6.04 Å². The number of nitrogens with zero attached hydrogens (tertiary/aromatic N) is 1. The quantitative estimate of drug-likeness (QED) is 0.840. The first kappa shape index (κ1) is 16.1. The summed E-state index contributed by atoms with van der Waals surface area (Å²) in [6.45, 7) is 4.69. The monoisotopic (exact) mass is 295 g/mol. The van der Waals surface area contributed by atoms with Gasteiger partial charge in [-0.05, 0) is 46.0 Å². The van der Waals surface area contributed by atoms with Gasteiger partial charge >= 0.3 is 6.03 Å². The Morgan fingerprint density at radius 1 is 1.05 bits per heavy atom. The van der Waals surface area contributed by atoms with E-state index in [0.717, 1.165) is 32.2 Å². The Morgan fingerprint density at radius 3 is 2.38 bits per heavy atom. The predicted molar refractivity (Wildman–Crippen MR) is 83.0 cm³/mol. The van der Waals surface area contributed by atoms with Gasteiger partial charge in [0.2, 0.25) is 5.91 Å². The van der Waals surface area contributed by atoms with E-state index in [4.69, 9.17) is 0 Å². The molecule has 1 aliphatic heterocycles. The van der Waals surface area contributed by atoms with Crippen LogP contribution in [0.2, 0.25) is 0 Å². The van der Waals surface area contributed by atoms with Crippen molar-refractivity contribution in [3.8, 4) is 0 Å². The van der Waals surface area contributed by atoms with Gasteiger partial charge in [0.15, 0.2) is 0 Å². The average molecular weight is 295 g/mol. The van der Waals surface area contributed by atoms with Crippen LogP contribution in [-0.2, 0) is 4.79 Å². The lowest BCUT2D eigenvalue weighted by Crippen LogP contribution is -2.54. The van der Waals surface area contributed by atoms with Crippen LogP contribution in [0.25, 0.3) is 0 Å². The van der Waals surface area contributed by atoms with E-state index in [0.29, 0.717) is 0 Å². The summed E-state index contributed by atoms with van der Waals surface area (Å²) < 4.78 is 0.